The summed E-state index contributed by atoms with van der Waals surface area (Å²) in [4.78, 5) is 0. The third kappa shape index (κ3) is 2.59. The largest absolute Gasteiger partial charge is 0.395 e. The van der Waals surface area contributed by atoms with E-state index in [2.05, 4.69) is 15.9 Å². The molecule has 3 heteroatoms. The minimum absolute atomic E-state index is 0.0291. The van der Waals surface area contributed by atoms with Gasteiger partial charge in [0, 0.05) is 10.5 Å². The first-order valence-corrected chi connectivity index (χ1v) is 4.63. The van der Waals surface area contributed by atoms with Crippen molar-refractivity contribution in [3.63, 3.8) is 0 Å². The Balaban J connectivity index is 2.69. The van der Waals surface area contributed by atoms with Crippen LogP contribution >= 0.6 is 15.9 Å². The van der Waals surface area contributed by atoms with Gasteiger partial charge in [-0.15, -0.1) is 0 Å². The molecule has 0 aliphatic rings. The molecule has 0 aliphatic heterocycles. The first-order valence-electron chi connectivity index (χ1n) is 3.84. The second-order valence-electron chi connectivity index (χ2n) is 2.74. The lowest BCUT2D eigenvalue weighted by Gasteiger charge is -2.08. The average molecular weight is 230 g/mol. The Kier molecular flexibility index (Phi) is 3.72. The zero-order valence-corrected chi connectivity index (χ0v) is 8.29. The molecule has 3 N–H and O–H groups in total. The van der Waals surface area contributed by atoms with Crippen molar-refractivity contribution in [3.8, 4) is 0 Å². The summed E-state index contributed by atoms with van der Waals surface area (Å²) < 4.78 is 1.05. The van der Waals surface area contributed by atoms with Crippen molar-refractivity contribution >= 4 is 15.9 Å². The maximum atomic E-state index is 8.75. The second kappa shape index (κ2) is 4.60. The van der Waals surface area contributed by atoms with Gasteiger partial charge >= 0.3 is 0 Å². The molecule has 0 unspecified atom stereocenters. The average Bonchev–Trinajstić information content (AvgIpc) is 2.09. The Morgan fingerprint density at radius 1 is 1.42 bits per heavy atom. The molecule has 0 aliphatic carbocycles. The van der Waals surface area contributed by atoms with Gasteiger partial charge in [0.15, 0.2) is 0 Å². The molecule has 0 saturated carbocycles. The van der Waals surface area contributed by atoms with Gasteiger partial charge in [0.1, 0.15) is 0 Å². The summed E-state index contributed by atoms with van der Waals surface area (Å²) in [5.41, 5.74) is 6.74. The maximum absolute atomic E-state index is 8.75. The van der Waals surface area contributed by atoms with Crippen molar-refractivity contribution in [3.05, 3.63) is 34.3 Å². The van der Waals surface area contributed by atoms with Crippen LogP contribution in [-0.4, -0.2) is 17.8 Å². The van der Waals surface area contributed by atoms with E-state index in [-0.39, 0.29) is 12.6 Å². The highest BCUT2D eigenvalue weighted by Gasteiger charge is 2.04. The highest BCUT2D eigenvalue weighted by atomic mass is 79.9. The predicted octanol–water partition coefficient (Wildman–Crippen LogP) is 1.31. The van der Waals surface area contributed by atoms with Gasteiger partial charge in [-0.3, -0.25) is 0 Å². The summed E-state index contributed by atoms with van der Waals surface area (Å²) in [6.45, 7) is 0.0291. The number of hydrogen-bond acceptors (Lipinski definition) is 2. The molecule has 0 aromatic heterocycles. The molecule has 0 amide bonds. The normalized spacial score (nSPS) is 12.9. The van der Waals surface area contributed by atoms with Crippen LogP contribution in [0.15, 0.2) is 28.7 Å². The molecule has 0 spiro atoms. The van der Waals surface area contributed by atoms with E-state index >= 15 is 0 Å². The Labute approximate surface area is 80.5 Å². The maximum Gasteiger partial charge on any atom is 0.0585 e. The number of hydrogen-bond donors (Lipinski definition) is 2. The highest BCUT2D eigenvalue weighted by Crippen LogP contribution is 2.16. The number of halogens is 1. The number of rotatable bonds is 3. The first-order chi connectivity index (χ1) is 5.74. The Hall–Kier alpha value is -0.380. The topological polar surface area (TPSA) is 46.2 Å². The summed E-state index contributed by atoms with van der Waals surface area (Å²) in [5.74, 6) is 0. The van der Waals surface area contributed by atoms with Gasteiger partial charge in [-0.1, -0.05) is 34.1 Å². The monoisotopic (exact) mass is 229 g/mol. The van der Waals surface area contributed by atoms with E-state index in [0.29, 0.717) is 6.42 Å². The molecule has 0 radical (unpaired) electrons. The zero-order valence-electron chi connectivity index (χ0n) is 6.70. The van der Waals surface area contributed by atoms with Crippen LogP contribution in [0, 0.1) is 0 Å². The quantitative estimate of drug-likeness (QED) is 0.822. The Morgan fingerprint density at radius 2 is 2.08 bits per heavy atom. The van der Waals surface area contributed by atoms with E-state index in [0.717, 1.165) is 10.0 Å². The fourth-order valence-corrected chi connectivity index (χ4v) is 1.46. The van der Waals surface area contributed by atoms with Crippen molar-refractivity contribution in [2.75, 3.05) is 6.61 Å². The van der Waals surface area contributed by atoms with Crippen LogP contribution in [0.1, 0.15) is 5.56 Å². The van der Waals surface area contributed by atoms with Crippen LogP contribution in [-0.2, 0) is 6.42 Å². The van der Waals surface area contributed by atoms with Gasteiger partial charge in [0.2, 0.25) is 0 Å². The molecule has 2 nitrogen and oxygen atoms in total. The van der Waals surface area contributed by atoms with Crippen molar-refractivity contribution in [2.24, 2.45) is 5.73 Å². The van der Waals surface area contributed by atoms with Crippen LogP contribution < -0.4 is 5.73 Å². The molecule has 0 heterocycles. The molecule has 1 aromatic carbocycles. The molecular formula is C9H12BrNO. The summed E-state index contributed by atoms with van der Waals surface area (Å²) in [5, 5.41) is 8.75. The molecule has 0 bridgehead atoms. The number of nitrogens with two attached hydrogens (primary N) is 1. The third-order valence-corrected chi connectivity index (χ3v) is 2.45. The van der Waals surface area contributed by atoms with Crippen LogP contribution in [0.3, 0.4) is 0 Å². The van der Waals surface area contributed by atoms with Crippen molar-refractivity contribution in [1.29, 1.82) is 0 Å². The van der Waals surface area contributed by atoms with Crippen molar-refractivity contribution < 1.29 is 5.11 Å². The first kappa shape index (κ1) is 9.71. The van der Waals surface area contributed by atoms with Crippen LogP contribution in [0.4, 0.5) is 0 Å². The lowest BCUT2D eigenvalue weighted by Crippen LogP contribution is -2.26. The predicted molar refractivity (Wildman–Crippen MR) is 52.9 cm³/mol. The highest BCUT2D eigenvalue weighted by molar-refractivity contribution is 9.10. The number of aliphatic hydroxyl groups excluding tert-OH is 1. The lowest BCUT2D eigenvalue weighted by atomic mass is 10.1. The standard InChI is InChI=1S/C9H12BrNO/c10-9-4-2-1-3-7(9)5-8(11)6-12/h1-4,8,12H,5-6,11H2/t8-/m1/s1. The van der Waals surface area contributed by atoms with Gasteiger partial charge in [-0.05, 0) is 18.1 Å². The number of benzene rings is 1. The smallest absolute Gasteiger partial charge is 0.0585 e. The van der Waals surface area contributed by atoms with Crippen molar-refractivity contribution in [1.82, 2.24) is 0 Å². The Morgan fingerprint density at radius 3 is 2.67 bits per heavy atom. The molecule has 66 valence electrons. The van der Waals surface area contributed by atoms with Gasteiger partial charge in [-0.25, -0.2) is 0 Å². The summed E-state index contributed by atoms with van der Waals surface area (Å²) in [6, 6.07) is 7.73. The van der Waals surface area contributed by atoms with Crippen LogP contribution in [0.5, 0.6) is 0 Å². The fourth-order valence-electron chi connectivity index (χ4n) is 1.01. The Bertz CT molecular complexity index is 252. The minimum Gasteiger partial charge on any atom is -0.395 e. The summed E-state index contributed by atoms with van der Waals surface area (Å²) in [7, 11) is 0. The molecule has 12 heavy (non-hydrogen) atoms. The molecular weight excluding hydrogens is 218 g/mol. The van der Waals surface area contributed by atoms with E-state index in [4.69, 9.17) is 10.8 Å². The van der Waals surface area contributed by atoms with E-state index in [1.54, 1.807) is 0 Å². The SMILES string of the molecule is N[C@@H](CO)Cc1ccccc1Br. The fraction of sp³-hybridized carbons (Fsp3) is 0.333. The van der Waals surface area contributed by atoms with Gasteiger partial charge in [0.05, 0.1) is 6.61 Å². The van der Waals surface area contributed by atoms with Crippen LogP contribution in [0.2, 0.25) is 0 Å². The van der Waals surface area contributed by atoms with Gasteiger partial charge in [0.25, 0.3) is 0 Å². The van der Waals surface area contributed by atoms with Gasteiger partial charge in [-0.2, -0.15) is 0 Å². The zero-order chi connectivity index (χ0) is 8.97. The molecule has 0 fully saturated rings. The van der Waals surface area contributed by atoms with E-state index in [1.807, 2.05) is 24.3 Å². The molecule has 0 saturated heterocycles. The van der Waals surface area contributed by atoms with Crippen LogP contribution in [0.25, 0.3) is 0 Å². The van der Waals surface area contributed by atoms with Gasteiger partial charge < -0.3 is 10.8 Å². The summed E-state index contributed by atoms with van der Waals surface area (Å²) >= 11 is 3.42. The summed E-state index contributed by atoms with van der Waals surface area (Å²) in [6.07, 6.45) is 0.706. The second-order valence-corrected chi connectivity index (χ2v) is 3.59. The lowest BCUT2D eigenvalue weighted by molar-refractivity contribution is 0.265. The van der Waals surface area contributed by atoms with E-state index in [1.165, 1.54) is 0 Å². The molecule has 1 atom stereocenters. The molecule has 1 aromatic rings. The van der Waals surface area contributed by atoms with E-state index < -0.39 is 0 Å². The molecule has 1 rings (SSSR count). The third-order valence-electron chi connectivity index (χ3n) is 1.67. The number of aliphatic hydroxyl groups is 1. The van der Waals surface area contributed by atoms with E-state index in [9.17, 15) is 0 Å². The minimum atomic E-state index is -0.163. The van der Waals surface area contributed by atoms with Crippen molar-refractivity contribution in [2.45, 2.75) is 12.5 Å².